The summed E-state index contributed by atoms with van der Waals surface area (Å²) in [6.07, 6.45) is -6.97. The van der Waals surface area contributed by atoms with Crippen LogP contribution in [0.5, 0.6) is 0 Å². The van der Waals surface area contributed by atoms with Gasteiger partial charge in [-0.25, -0.2) is 4.74 Å². The molecule has 0 bridgehead atoms. The lowest BCUT2D eigenvalue weighted by molar-refractivity contribution is -0.513. The Kier molecular flexibility index (Phi) is 5.94. The van der Waals surface area contributed by atoms with Crippen molar-refractivity contribution >= 4 is 0 Å². The number of halogens is 6. The van der Waals surface area contributed by atoms with E-state index in [0.29, 0.717) is 0 Å². The number of rotatable bonds is 7. The molecule has 0 amide bonds. The summed E-state index contributed by atoms with van der Waals surface area (Å²) < 4.78 is 86.6. The molecule has 2 nitrogen and oxygen atoms in total. The van der Waals surface area contributed by atoms with Gasteiger partial charge in [-0.3, -0.25) is 0 Å². The normalized spacial score (nSPS) is 18.8. The maximum atomic E-state index is 14.3. The van der Waals surface area contributed by atoms with Crippen LogP contribution in [0.15, 0.2) is 0 Å². The maximum Gasteiger partial charge on any atom is 0.527 e. The van der Waals surface area contributed by atoms with Crippen LogP contribution in [0.2, 0.25) is 0 Å². The van der Waals surface area contributed by atoms with Crippen LogP contribution in [0.4, 0.5) is 26.3 Å². The first-order chi connectivity index (χ1) is 8.72. The van der Waals surface area contributed by atoms with Gasteiger partial charge in [0.1, 0.15) is 0 Å². The van der Waals surface area contributed by atoms with Gasteiger partial charge in [0, 0.05) is 5.41 Å². The molecule has 0 rings (SSSR count). The van der Waals surface area contributed by atoms with Crippen LogP contribution in [-0.2, 0) is 9.47 Å². The lowest BCUT2D eigenvalue weighted by atomic mass is 9.81. The van der Waals surface area contributed by atoms with E-state index in [2.05, 4.69) is 9.47 Å². The summed E-state index contributed by atoms with van der Waals surface area (Å²) >= 11 is 0. The smallest absolute Gasteiger partial charge is 0.316 e. The average Bonchev–Trinajstić information content (AvgIpc) is 2.25. The molecule has 20 heavy (non-hydrogen) atoms. The summed E-state index contributed by atoms with van der Waals surface area (Å²) in [5.41, 5.74) is -2.08. The van der Waals surface area contributed by atoms with Gasteiger partial charge in [-0.1, -0.05) is 27.7 Å². The van der Waals surface area contributed by atoms with Gasteiger partial charge < -0.3 is 4.74 Å². The third-order valence-corrected chi connectivity index (χ3v) is 3.28. The number of hydrogen-bond donors (Lipinski definition) is 0. The van der Waals surface area contributed by atoms with E-state index in [4.69, 9.17) is 0 Å². The molecule has 0 saturated carbocycles. The van der Waals surface area contributed by atoms with Crippen LogP contribution in [0.3, 0.4) is 0 Å². The zero-order valence-corrected chi connectivity index (χ0v) is 12.1. The molecule has 2 unspecified atom stereocenters. The van der Waals surface area contributed by atoms with Crippen LogP contribution in [0.1, 0.15) is 47.5 Å². The molecule has 0 heterocycles. The first-order valence-electron chi connectivity index (χ1n) is 6.24. The van der Waals surface area contributed by atoms with E-state index in [1.54, 1.807) is 0 Å². The fourth-order valence-electron chi connectivity index (χ4n) is 1.28. The van der Waals surface area contributed by atoms with Gasteiger partial charge in [0.2, 0.25) is 0 Å². The maximum absolute atomic E-state index is 14.3. The van der Waals surface area contributed by atoms with Crippen molar-refractivity contribution in [3.63, 3.8) is 0 Å². The van der Waals surface area contributed by atoms with E-state index < -0.39 is 29.8 Å². The predicted molar refractivity (Wildman–Crippen MR) is 60.8 cm³/mol. The van der Waals surface area contributed by atoms with Crippen molar-refractivity contribution in [1.29, 1.82) is 0 Å². The molecule has 0 fully saturated rings. The first kappa shape index (κ1) is 19.5. The number of ether oxygens (including phenoxy) is 2. The molecule has 0 radical (unpaired) electrons. The van der Waals surface area contributed by atoms with Gasteiger partial charge in [0.25, 0.3) is 0 Å². The average molecular weight is 310 g/mol. The highest BCUT2D eigenvalue weighted by Gasteiger charge is 2.69. The zero-order chi connectivity index (χ0) is 16.4. The Hall–Kier alpha value is -0.500. The standard InChI is InChI=1S/C12H20F6O2/c1-6-8(3)19-11(15,20-12(16,17)18)10(13,14)9(4,5)7-2/h8H,6-7H2,1-5H3. The van der Waals surface area contributed by atoms with Gasteiger partial charge >= 0.3 is 18.3 Å². The molecule has 0 aromatic carbocycles. The highest BCUT2D eigenvalue weighted by atomic mass is 19.4. The van der Waals surface area contributed by atoms with Crippen molar-refractivity contribution < 1.29 is 35.8 Å². The van der Waals surface area contributed by atoms with E-state index in [0.717, 1.165) is 13.8 Å². The summed E-state index contributed by atoms with van der Waals surface area (Å²) in [6.45, 7) is 5.85. The van der Waals surface area contributed by atoms with Crippen LogP contribution < -0.4 is 0 Å². The highest BCUT2D eigenvalue weighted by Crippen LogP contribution is 2.51. The molecular weight excluding hydrogens is 290 g/mol. The minimum absolute atomic E-state index is 0.0511. The molecule has 0 aliphatic carbocycles. The summed E-state index contributed by atoms with van der Waals surface area (Å²) in [7, 11) is 0. The topological polar surface area (TPSA) is 18.5 Å². The fraction of sp³-hybridized carbons (Fsp3) is 1.00. The summed E-state index contributed by atoms with van der Waals surface area (Å²) in [5.74, 6) is -4.49. The molecule has 0 spiro atoms. The van der Waals surface area contributed by atoms with Crippen LogP contribution in [-0.4, -0.2) is 24.4 Å². The lowest BCUT2D eigenvalue weighted by Gasteiger charge is -2.42. The summed E-state index contributed by atoms with van der Waals surface area (Å²) in [5, 5.41) is 0. The SMILES string of the molecule is CCC(C)OC(F)(OC(F)(F)F)C(F)(F)C(C)(C)CC. The van der Waals surface area contributed by atoms with E-state index in [1.807, 2.05) is 0 Å². The van der Waals surface area contributed by atoms with Crippen molar-refractivity contribution in [2.24, 2.45) is 5.41 Å². The third-order valence-electron chi connectivity index (χ3n) is 3.28. The van der Waals surface area contributed by atoms with E-state index >= 15 is 0 Å². The molecule has 8 heteroatoms. The first-order valence-corrected chi connectivity index (χ1v) is 6.24. The van der Waals surface area contributed by atoms with Crippen molar-refractivity contribution in [2.45, 2.75) is 71.9 Å². The molecule has 0 saturated heterocycles. The molecule has 122 valence electrons. The van der Waals surface area contributed by atoms with E-state index in [1.165, 1.54) is 20.8 Å². The Morgan fingerprint density at radius 1 is 0.950 bits per heavy atom. The predicted octanol–water partition coefficient (Wildman–Crippen LogP) is 5.03. The molecule has 2 atom stereocenters. The largest absolute Gasteiger partial charge is 0.527 e. The van der Waals surface area contributed by atoms with Crippen LogP contribution in [0, 0.1) is 5.41 Å². The third kappa shape index (κ3) is 4.25. The molecule has 0 aliphatic heterocycles. The molecule has 0 aromatic heterocycles. The van der Waals surface area contributed by atoms with Gasteiger partial charge in [0.15, 0.2) is 0 Å². The summed E-state index contributed by atoms with van der Waals surface area (Å²) in [4.78, 5) is 0. The van der Waals surface area contributed by atoms with Gasteiger partial charge in [-0.05, 0) is 19.8 Å². The van der Waals surface area contributed by atoms with Crippen LogP contribution >= 0.6 is 0 Å². The van der Waals surface area contributed by atoms with Crippen molar-refractivity contribution in [1.82, 2.24) is 0 Å². The lowest BCUT2D eigenvalue weighted by Crippen LogP contribution is -2.59. The Morgan fingerprint density at radius 3 is 1.70 bits per heavy atom. The van der Waals surface area contributed by atoms with Crippen molar-refractivity contribution in [3.8, 4) is 0 Å². The van der Waals surface area contributed by atoms with Gasteiger partial charge in [0.05, 0.1) is 6.10 Å². The highest BCUT2D eigenvalue weighted by molar-refractivity contribution is 4.92. The second-order valence-corrected chi connectivity index (χ2v) is 5.23. The van der Waals surface area contributed by atoms with Gasteiger partial charge in [-0.2, -0.15) is 13.2 Å². The van der Waals surface area contributed by atoms with Crippen molar-refractivity contribution in [3.05, 3.63) is 0 Å². The molecular formula is C12H20F6O2. The minimum Gasteiger partial charge on any atom is -0.316 e. The number of alkyl halides is 6. The fourth-order valence-corrected chi connectivity index (χ4v) is 1.28. The van der Waals surface area contributed by atoms with Gasteiger partial charge in [-0.15, -0.1) is 13.2 Å². The monoisotopic (exact) mass is 310 g/mol. The Labute approximate surface area is 114 Å². The molecule has 0 aromatic rings. The second-order valence-electron chi connectivity index (χ2n) is 5.23. The Balaban J connectivity index is 5.62. The molecule has 0 N–H and O–H groups in total. The minimum atomic E-state index is -5.59. The van der Waals surface area contributed by atoms with Crippen LogP contribution in [0.25, 0.3) is 0 Å². The zero-order valence-electron chi connectivity index (χ0n) is 12.1. The quantitative estimate of drug-likeness (QED) is 0.485. The second kappa shape index (κ2) is 6.09. The summed E-state index contributed by atoms with van der Waals surface area (Å²) in [6, 6.07) is -4.57. The Bertz CT molecular complexity index is 316. The van der Waals surface area contributed by atoms with Crippen molar-refractivity contribution in [2.75, 3.05) is 0 Å². The molecule has 0 aliphatic rings. The Morgan fingerprint density at radius 2 is 1.40 bits per heavy atom. The van der Waals surface area contributed by atoms with E-state index in [-0.39, 0.29) is 12.8 Å². The van der Waals surface area contributed by atoms with E-state index in [9.17, 15) is 26.3 Å². The number of hydrogen-bond acceptors (Lipinski definition) is 2.